The van der Waals surface area contributed by atoms with Gasteiger partial charge in [0.25, 0.3) is 0 Å². The maximum absolute atomic E-state index is 12.3. The Kier molecular flexibility index (Phi) is 5.40. The molecule has 2 aromatic rings. The predicted octanol–water partition coefficient (Wildman–Crippen LogP) is 1.93. The van der Waals surface area contributed by atoms with Gasteiger partial charge in [-0.25, -0.2) is 4.98 Å². The van der Waals surface area contributed by atoms with E-state index in [1.165, 1.54) is 11.3 Å². The van der Waals surface area contributed by atoms with Crippen molar-refractivity contribution in [1.29, 1.82) is 0 Å². The molecular weight excluding hydrogens is 310 g/mol. The largest absolute Gasteiger partial charge is 0.348 e. The summed E-state index contributed by atoms with van der Waals surface area (Å²) in [5.41, 5.74) is 0. The van der Waals surface area contributed by atoms with E-state index in [1.807, 2.05) is 23.1 Å². The maximum Gasteiger partial charge on any atom is 0.234 e. The molecule has 1 amide bonds. The van der Waals surface area contributed by atoms with E-state index in [0.29, 0.717) is 12.5 Å². The van der Waals surface area contributed by atoms with E-state index in [-0.39, 0.29) is 11.9 Å². The van der Waals surface area contributed by atoms with Crippen molar-refractivity contribution in [3.8, 4) is 0 Å². The molecule has 3 rings (SSSR count). The zero-order valence-electron chi connectivity index (χ0n) is 13.4. The van der Waals surface area contributed by atoms with Crippen molar-refractivity contribution in [1.82, 2.24) is 25.0 Å². The summed E-state index contributed by atoms with van der Waals surface area (Å²) in [7, 11) is 0. The molecular formula is C16H23N5OS. The number of amides is 1. The first-order valence-electron chi connectivity index (χ1n) is 8.08. The fraction of sp³-hybridized carbons (Fsp3) is 0.562. The first kappa shape index (κ1) is 16.1. The molecule has 1 aliphatic rings. The third-order valence-corrected chi connectivity index (χ3v) is 5.28. The number of rotatable bonds is 6. The fourth-order valence-corrected chi connectivity index (χ4v) is 3.87. The number of nitrogens with one attached hydrogen (secondary N) is 1. The van der Waals surface area contributed by atoms with Crippen molar-refractivity contribution in [3.63, 3.8) is 0 Å². The second-order valence-corrected chi connectivity index (χ2v) is 7.14. The first-order chi connectivity index (χ1) is 11.2. The minimum atomic E-state index is 0.0817. The summed E-state index contributed by atoms with van der Waals surface area (Å²) in [6.45, 7) is 5.33. The lowest BCUT2D eigenvalue weighted by Crippen LogP contribution is -2.43. The summed E-state index contributed by atoms with van der Waals surface area (Å²) < 4.78 is 1.88. The highest BCUT2D eigenvalue weighted by atomic mass is 32.1. The molecule has 2 aromatic heterocycles. The molecule has 7 heteroatoms. The van der Waals surface area contributed by atoms with E-state index in [2.05, 4.69) is 26.4 Å². The second-order valence-electron chi connectivity index (χ2n) is 6.17. The van der Waals surface area contributed by atoms with Crippen LogP contribution in [0.2, 0.25) is 0 Å². The normalized spacial score (nSPS) is 20.3. The number of carbonyl (C=O) groups excluding carboxylic acids is 1. The summed E-state index contributed by atoms with van der Waals surface area (Å²) in [6.07, 6.45) is 5.64. The van der Waals surface area contributed by atoms with Gasteiger partial charge in [0.05, 0.1) is 12.6 Å². The Hall–Kier alpha value is -1.73. The zero-order valence-corrected chi connectivity index (χ0v) is 14.2. The van der Waals surface area contributed by atoms with Crippen LogP contribution in [0.5, 0.6) is 0 Å². The number of piperidine rings is 1. The molecule has 0 bridgehead atoms. The Bertz CT molecular complexity index is 598. The van der Waals surface area contributed by atoms with Crippen molar-refractivity contribution in [2.75, 3.05) is 19.6 Å². The van der Waals surface area contributed by atoms with Crippen LogP contribution in [0.3, 0.4) is 0 Å². The molecule has 1 fully saturated rings. The SMILES string of the molecule is CC(NC(=O)CN1CCCC(Cn2cncn2)C1)c1cccs1. The van der Waals surface area contributed by atoms with Crippen LogP contribution in [-0.4, -0.2) is 45.2 Å². The number of aromatic nitrogens is 3. The Morgan fingerprint density at radius 2 is 2.48 bits per heavy atom. The number of thiophene rings is 1. The van der Waals surface area contributed by atoms with Gasteiger partial charge in [0, 0.05) is 18.0 Å². The number of carbonyl (C=O) groups is 1. The van der Waals surface area contributed by atoms with E-state index in [0.717, 1.165) is 26.1 Å². The Labute approximate surface area is 140 Å². The van der Waals surface area contributed by atoms with Gasteiger partial charge in [-0.2, -0.15) is 5.10 Å². The van der Waals surface area contributed by atoms with E-state index < -0.39 is 0 Å². The Morgan fingerprint density at radius 3 is 3.22 bits per heavy atom. The van der Waals surface area contributed by atoms with Crippen LogP contribution in [-0.2, 0) is 11.3 Å². The van der Waals surface area contributed by atoms with Gasteiger partial charge in [0.15, 0.2) is 0 Å². The third kappa shape index (κ3) is 4.62. The van der Waals surface area contributed by atoms with Crippen LogP contribution in [0.4, 0.5) is 0 Å². The number of hydrogen-bond donors (Lipinski definition) is 1. The zero-order chi connectivity index (χ0) is 16.1. The predicted molar refractivity (Wildman–Crippen MR) is 90.1 cm³/mol. The van der Waals surface area contributed by atoms with Gasteiger partial charge in [-0.3, -0.25) is 14.4 Å². The van der Waals surface area contributed by atoms with Gasteiger partial charge in [-0.05, 0) is 43.7 Å². The van der Waals surface area contributed by atoms with Crippen molar-refractivity contribution >= 4 is 17.2 Å². The van der Waals surface area contributed by atoms with Crippen LogP contribution in [0.25, 0.3) is 0 Å². The van der Waals surface area contributed by atoms with Crippen LogP contribution in [0.15, 0.2) is 30.2 Å². The van der Waals surface area contributed by atoms with E-state index in [4.69, 9.17) is 0 Å². The van der Waals surface area contributed by atoms with Crippen LogP contribution >= 0.6 is 11.3 Å². The maximum atomic E-state index is 12.3. The average molecular weight is 333 g/mol. The molecule has 3 heterocycles. The highest BCUT2D eigenvalue weighted by Crippen LogP contribution is 2.19. The highest BCUT2D eigenvalue weighted by molar-refractivity contribution is 7.10. The van der Waals surface area contributed by atoms with Crippen LogP contribution < -0.4 is 5.32 Å². The number of nitrogens with zero attached hydrogens (tertiary/aromatic N) is 4. The topological polar surface area (TPSA) is 63.1 Å². The standard InChI is InChI=1S/C16H23N5OS/c1-13(15-5-3-7-23-15)19-16(22)10-20-6-2-4-14(8-20)9-21-12-17-11-18-21/h3,5,7,11-14H,2,4,6,8-10H2,1H3,(H,19,22). The molecule has 1 aliphatic heterocycles. The molecule has 124 valence electrons. The van der Waals surface area contributed by atoms with Crippen molar-refractivity contribution in [2.45, 2.75) is 32.4 Å². The summed E-state index contributed by atoms with van der Waals surface area (Å²) in [4.78, 5) is 19.7. The smallest absolute Gasteiger partial charge is 0.234 e. The molecule has 0 saturated carbocycles. The van der Waals surface area contributed by atoms with E-state index >= 15 is 0 Å². The van der Waals surface area contributed by atoms with Gasteiger partial charge in [0.1, 0.15) is 12.7 Å². The molecule has 0 aromatic carbocycles. The van der Waals surface area contributed by atoms with Gasteiger partial charge in [-0.15, -0.1) is 11.3 Å². The molecule has 6 nitrogen and oxygen atoms in total. The lowest BCUT2D eigenvalue weighted by molar-refractivity contribution is -0.123. The molecule has 2 atom stereocenters. The number of hydrogen-bond acceptors (Lipinski definition) is 5. The van der Waals surface area contributed by atoms with Crippen molar-refractivity contribution < 1.29 is 4.79 Å². The lowest BCUT2D eigenvalue weighted by Gasteiger charge is -2.32. The van der Waals surface area contributed by atoms with Crippen LogP contribution in [0, 0.1) is 5.92 Å². The van der Waals surface area contributed by atoms with Gasteiger partial charge in [-0.1, -0.05) is 6.07 Å². The first-order valence-corrected chi connectivity index (χ1v) is 8.96. The van der Waals surface area contributed by atoms with E-state index in [9.17, 15) is 4.79 Å². The molecule has 2 unspecified atom stereocenters. The minimum Gasteiger partial charge on any atom is -0.348 e. The summed E-state index contributed by atoms with van der Waals surface area (Å²) >= 11 is 1.68. The molecule has 0 spiro atoms. The van der Waals surface area contributed by atoms with Gasteiger partial charge in [0.2, 0.25) is 5.91 Å². The summed E-state index contributed by atoms with van der Waals surface area (Å²) in [5, 5.41) is 9.30. The van der Waals surface area contributed by atoms with E-state index in [1.54, 1.807) is 24.0 Å². The summed E-state index contributed by atoms with van der Waals surface area (Å²) in [5.74, 6) is 0.639. The quantitative estimate of drug-likeness (QED) is 0.877. The molecule has 1 saturated heterocycles. The van der Waals surface area contributed by atoms with Crippen molar-refractivity contribution in [3.05, 3.63) is 35.0 Å². The highest BCUT2D eigenvalue weighted by Gasteiger charge is 2.22. The molecule has 1 N–H and O–H groups in total. The monoisotopic (exact) mass is 333 g/mol. The molecule has 0 aliphatic carbocycles. The second kappa shape index (κ2) is 7.70. The van der Waals surface area contributed by atoms with Crippen molar-refractivity contribution in [2.24, 2.45) is 5.92 Å². The minimum absolute atomic E-state index is 0.0817. The van der Waals surface area contributed by atoms with Gasteiger partial charge >= 0.3 is 0 Å². The molecule has 0 radical (unpaired) electrons. The lowest BCUT2D eigenvalue weighted by atomic mass is 9.98. The van der Waals surface area contributed by atoms with Gasteiger partial charge < -0.3 is 5.32 Å². The fourth-order valence-electron chi connectivity index (χ4n) is 3.13. The van der Waals surface area contributed by atoms with Crippen LogP contribution in [0.1, 0.15) is 30.7 Å². The number of likely N-dealkylation sites (tertiary alicyclic amines) is 1. The average Bonchev–Trinajstić information content (AvgIpc) is 3.20. The third-order valence-electron chi connectivity index (χ3n) is 4.23. The summed E-state index contributed by atoms with van der Waals surface area (Å²) in [6, 6.07) is 4.16. The Morgan fingerprint density at radius 1 is 1.57 bits per heavy atom. The molecule has 23 heavy (non-hydrogen) atoms. The Balaban J connectivity index is 1.46.